The molecule has 3 aromatic carbocycles. The maximum absolute atomic E-state index is 12.9. The first-order valence-corrected chi connectivity index (χ1v) is 13.0. The summed E-state index contributed by atoms with van der Waals surface area (Å²) in [5.74, 6) is -2.50. The summed E-state index contributed by atoms with van der Waals surface area (Å²) in [6, 6.07) is 29.0. The van der Waals surface area contributed by atoms with E-state index in [9.17, 15) is 9.90 Å². The Morgan fingerprint density at radius 2 is 1.41 bits per heavy atom. The van der Waals surface area contributed by atoms with Crippen LogP contribution < -0.4 is 0 Å². The molecule has 8 heteroatoms. The zero-order chi connectivity index (χ0) is 27.5. The van der Waals surface area contributed by atoms with Gasteiger partial charge in [0.05, 0.1) is 39.6 Å². The van der Waals surface area contributed by atoms with Gasteiger partial charge in [0.1, 0.15) is 18.3 Å². The first-order chi connectivity index (χ1) is 19.0. The second-order valence-corrected chi connectivity index (χ2v) is 9.40. The molecule has 1 aliphatic heterocycles. The van der Waals surface area contributed by atoms with Crippen molar-refractivity contribution in [1.29, 1.82) is 0 Å². The van der Waals surface area contributed by atoms with Gasteiger partial charge in [0.2, 0.25) is 0 Å². The van der Waals surface area contributed by atoms with Crippen LogP contribution in [0.5, 0.6) is 0 Å². The molecule has 0 bridgehead atoms. The smallest absolute Gasteiger partial charge is 0.366 e. The quantitative estimate of drug-likeness (QED) is 0.327. The largest absolute Gasteiger partial charge is 0.465 e. The highest BCUT2D eigenvalue weighted by molar-refractivity contribution is 5.78. The lowest BCUT2D eigenvalue weighted by Gasteiger charge is -2.46. The number of methoxy groups -OCH3 is 2. The minimum Gasteiger partial charge on any atom is -0.465 e. The number of hydrogen-bond acceptors (Lipinski definition) is 8. The van der Waals surface area contributed by atoms with E-state index in [0.29, 0.717) is 6.61 Å². The van der Waals surface area contributed by atoms with Crippen LogP contribution in [0.25, 0.3) is 0 Å². The summed E-state index contributed by atoms with van der Waals surface area (Å²) in [7, 11) is 2.63. The standard InChI is InChI=1S/C31H36O8/c1-34-30(33)31(35-2)18-26(37-20-24-14-8-4-9-15-24)28(32)29(39-31)27(38-21-25-16-10-5-11-17-25)22-36-19-23-12-6-3-7-13-23/h3-17,26-29,32H,18-22H2,1-2H3/t26-,27-,28-,29-,31-/m1/s1. The van der Waals surface area contributed by atoms with E-state index in [1.54, 1.807) is 0 Å². The van der Waals surface area contributed by atoms with E-state index in [-0.39, 0.29) is 26.2 Å². The molecule has 1 aliphatic rings. The van der Waals surface area contributed by atoms with Crippen molar-refractivity contribution in [3.8, 4) is 0 Å². The van der Waals surface area contributed by atoms with E-state index in [1.807, 2.05) is 91.0 Å². The molecule has 1 saturated heterocycles. The van der Waals surface area contributed by atoms with Crippen LogP contribution in [0.1, 0.15) is 23.1 Å². The molecule has 0 amide bonds. The lowest BCUT2D eigenvalue weighted by atomic mass is 9.92. The molecule has 8 nitrogen and oxygen atoms in total. The lowest BCUT2D eigenvalue weighted by Crippen LogP contribution is -2.63. The van der Waals surface area contributed by atoms with Crippen molar-refractivity contribution < 1.29 is 38.3 Å². The average Bonchev–Trinajstić information content (AvgIpc) is 2.99. The van der Waals surface area contributed by atoms with Gasteiger partial charge < -0.3 is 33.5 Å². The third-order valence-electron chi connectivity index (χ3n) is 6.71. The Bertz CT molecular complexity index is 1130. The monoisotopic (exact) mass is 536 g/mol. The number of aliphatic hydroxyl groups excluding tert-OH is 1. The van der Waals surface area contributed by atoms with Gasteiger partial charge in [-0.15, -0.1) is 0 Å². The number of carbonyl (C=O) groups is 1. The van der Waals surface area contributed by atoms with Gasteiger partial charge in [0.25, 0.3) is 5.79 Å². The van der Waals surface area contributed by atoms with Crippen LogP contribution in [0.4, 0.5) is 0 Å². The van der Waals surface area contributed by atoms with Gasteiger partial charge >= 0.3 is 5.97 Å². The van der Waals surface area contributed by atoms with Crippen LogP contribution in [0.15, 0.2) is 91.0 Å². The summed E-state index contributed by atoms with van der Waals surface area (Å²) in [6.45, 7) is 0.919. The SMILES string of the molecule is COC(=O)[C@@]1(OC)C[C@@H](OCc2ccccc2)[C@@H](O)[C@@H]([C@@H](COCc2ccccc2)OCc2ccccc2)O1. The van der Waals surface area contributed by atoms with Crippen molar-refractivity contribution in [2.45, 2.75) is 56.4 Å². The minimum absolute atomic E-state index is 0.0586. The van der Waals surface area contributed by atoms with Gasteiger partial charge in [-0.2, -0.15) is 0 Å². The fourth-order valence-electron chi connectivity index (χ4n) is 4.55. The Kier molecular flexibility index (Phi) is 10.6. The molecule has 5 atom stereocenters. The molecule has 1 heterocycles. The fourth-order valence-corrected chi connectivity index (χ4v) is 4.55. The predicted molar refractivity (Wildman–Crippen MR) is 143 cm³/mol. The molecule has 1 N–H and O–H groups in total. The zero-order valence-corrected chi connectivity index (χ0v) is 22.3. The Hall–Kier alpha value is -3.11. The van der Waals surface area contributed by atoms with E-state index in [0.717, 1.165) is 16.7 Å². The molecule has 39 heavy (non-hydrogen) atoms. The summed E-state index contributed by atoms with van der Waals surface area (Å²) in [5, 5.41) is 11.5. The molecule has 4 rings (SSSR count). The fraction of sp³-hybridized carbons (Fsp3) is 0.387. The number of carbonyl (C=O) groups excluding carboxylic acids is 1. The molecule has 3 aromatic rings. The van der Waals surface area contributed by atoms with Gasteiger partial charge in [0.15, 0.2) is 0 Å². The topological polar surface area (TPSA) is 92.7 Å². The highest BCUT2D eigenvalue weighted by atomic mass is 16.7. The van der Waals surface area contributed by atoms with Crippen LogP contribution in [-0.2, 0) is 53.0 Å². The molecule has 0 aromatic heterocycles. The van der Waals surface area contributed by atoms with Crippen molar-refractivity contribution in [3.63, 3.8) is 0 Å². The lowest BCUT2D eigenvalue weighted by molar-refractivity contribution is -0.326. The number of hydrogen-bond donors (Lipinski definition) is 1. The summed E-state index contributed by atoms with van der Waals surface area (Å²) in [4.78, 5) is 12.9. The molecule has 0 radical (unpaired) electrons. The Labute approximate surface area is 229 Å². The molecule has 0 unspecified atom stereocenters. The third kappa shape index (κ3) is 7.73. The van der Waals surface area contributed by atoms with Gasteiger partial charge in [-0.25, -0.2) is 4.79 Å². The van der Waals surface area contributed by atoms with Crippen molar-refractivity contribution in [2.24, 2.45) is 0 Å². The van der Waals surface area contributed by atoms with Crippen molar-refractivity contribution in [1.82, 2.24) is 0 Å². The maximum atomic E-state index is 12.9. The third-order valence-corrected chi connectivity index (χ3v) is 6.71. The molecular weight excluding hydrogens is 500 g/mol. The first kappa shape index (κ1) is 28.9. The molecule has 0 saturated carbocycles. The molecule has 0 aliphatic carbocycles. The summed E-state index contributed by atoms with van der Waals surface area (Å²) >= 11 is 0. The summed E-state index contributed by atoms with van der Waals surface area (Å²) in [5.41, 5.74) is 2.87. The predicted octanol–water partition coefficient (Wildman–Crippen LogP) is 4.04. The number of esters is 1. The summed E-state index contributed by atoms with van der Waals surface area (Å²) in [6.07, 6.45) is -3.77. The zero-order valence-electron chi connectivity index (χ0n) is 22.3. The van der Waals surface area contributed by atoms with Crippen LogP contribution >= 0.6 is 0 Å². The molecule has 1 fully saturated rings. The highest BCUT2D eigenvalue weighted by Gasteiger charge is 2.55. The number of aliphatic hydroxyl groups is 1. The first-order valence-electron chi connectivity index (χ1n) is 13.0. The van der Waals surface area contributed by atoms with Crippen molar-refractivity contribution in [2.75, 3.05) is 20.8 Å². The van der Waals surface area contributed by atoms with E-state index < -0.39 is 36.2 Å². The van der Waals surface area contributed by atoms with Gasteiger partial charge in [-0.05, 0) is 16.7 Å². The number of rotatable bonds is 13. The Balaban J connectivity index is 1.56. The van der Waals surface area contributed by atoms with Gasteiger partial charge in [-0.1, -0.05) is 91.0 Å². The van der Waals surface area contributed by atoms with Crippen molar-refractivity contribution in [3.05, 3.63) is 108 Å². The minimum atomic E-state index is -1.78. The van der Waals surface area contributed by atoms with E-state index in [4.69, 9.17) is 28.4 Å². The van der Waals surface area contributed by atoms with Crippen LogP contribution in [-0.4, -0.2) is 62.1 Å². The van der Waals surface area contributed by atoms with Crippen LogP contribution in [0, 0.1) is 0 Å². The van der Waals surface area contributed by atoms with Crippen LogP contribution in [0.3, 0.4) is 0 Å². The normalized spacial score (nSPS) is 23.7. The van der Waals surface area contributed by atoms with Gasteiger partial charge in [-0.3, -0.25) is 0 Å². The average molecular weight is 537 g/mol. The molecular formula is C31H36O8. The Morgan fingerprint density at radius 1 is 0.872 bits per heavy atom. The van der Waals surface area contributed by atoms with E-state index in [1.165, 1.54) is 14.2 Å². The Morgan fingerprint density at radius 3 is 1.95 bits per heavy atom. The second-order valence-electron chi connectivity index (χ2n) is 9.40. The van der Waals surface area contributed by atoms with Gasteiger partial charge in [0, 0.05) is 13.5 Å². The van der Waals surface area contributed by atoms with Crippen LogP contribution in [0.2, 0.25) is 0 Å². The summed E-state index contributed by atoms with van der Waals surface area (Å²) < 4.78 is 35.2. The van der Waals surface area contributed by atoms with E-state index >= 15 is 0 Å². The second kappa shape index (κ2) is 14.3. The molecule has 208 valence electrons. The number of benzene rings is 3. The van der Waals surface area contributed by atoms with E-state index in [2.05, 4.69) is 0 Å². The van der Waals surface area contributed by atoms with Crippen molar-refractivity contribution >= 4 is 5.97 Å². The highest BCUT2D eigenvalue weighted by Crippen LogP contribution is 2.36. The molecule has 0 spiro atoms. The maximum Gasteiger partial charge on any atom is 0.366 e. The number of ether oxygens (including phenoxy) is 6.